The van der Waals surface area contributed by atoms with Gasteiger partial charge in [0.1, 0.15) is 83.0 Å². The van der Waals surface area contributed by atoms with E-state index in [1.54, 1.807) is 94.0 Å². The van der Waals surface area contributed by atoms with E-state index in [4.69, 9.17) is 57.8 Å². The fourth-order valence-electron chi connectivity index (χ4n) is 17.7. The Balaban J connectivity index is 0.000000128. The predicted molar refractivity (Wildman–Crippen MR) is 493 cm³/mol. The van der Waals surface area contributed by atoms with Gasteiger partial charge in [-0.25, -0.2) is 34.9 Å². The van der Waals surface area contributed by atoms with E-state index in [0.29, 0.717) is 123 Å². The summed E-state index contributed by atoms with van der Waals surface area (Å²) in [6.07, 6.45) is -2.66. The third kappa shape index (κ3) is 22.4. The zero-order chi connectivity index (χ0) is 95.0. The normalized spacial score (nSPS) is 21.2. The van der Waals surface area contributed by atoms with Crippen LogP contribution in [0.5, 0.6) is 40.6 Å². The van der Waals surface area contributed by atoms with Crippen molar-refractivity contribution in [1.29, 1.82) is 0 Å². The standard InChI is InChI=1S/C21H28N4O5.C21H21N3O2.C19H19N3O2S.C18H16F6N2O2.C18H19N5O2/c1-13(26)17-9-14(12-24(17)2)30-20-15-10-18(27-3)19(28-4)11-16(15)22-21(23-20)25-5-7-29-8-6-25;1-14(25)19-12-16(13-24(19)2)26-21-17-10-6-7-11-18(17)22-20(23-21)15-8-4-3-5-9-15;1-12(23)18-7-13(9-22(18)2)24-19-8-16(17-10-25-11-20-17)21-15-6-4-3-5-14(15)19;1-9(27)13-6-10(8-26(13)2)28-14-7-15(18(22,23)24)25-16-11(14)4-3-5-12(16)17(19,20)21;1-12(24)16-9-13(10-22(16)2)25-17-14-5-3-4-6-15(14)20-18(21-17)23-8-7-19-11-23/h10-11,14,17H,5-9,12H2,1-4H3;3-11,16,19H,12-13H2,1-2H3;3-6,8,10-11,13,18H,7,9H2,1-2H3;3-5,7,10,13H,6,8H2,1-2H3;3-8,11,13,16H,9-10H2,1-2H3. The molecule has 0 spiro atoms. The quantitative estimate of drug-likeness (QED) is 0.0603. The van der Waals surface area contributed by atoms with Crippen molar-refractivity contribution in [3.05, 3.63) is 186 Å². The fraction of sp³-hybridized carbons (Fsp3) is 0.392. The Morgan fingerprint density at radius 2 is 0.858 bits per heavy atom. The van der Waals surface area contributed by atoms with Crippen LogP contribution >= 0.6 is 11.3 Å². The van der Waals surface area contributed by atoms with Crippen molar-refractivity contribution in [1.82, 2.24) is 78.9 Å². The minimum Gasteiger partial charge on any atom is -0.493 e. The number of likely N-dealkylation sites (N-methyl/N-ethyl adjacent to an activating group) is 5. The van der Waals surface area contributed by atoms with Crippen molar-refractivity contribution in [2.24, 2.45) is 0 Å². The number of hydrogen-bond donors (Lipinski definition) is 0. The molecule has 0 N–H and O–H groups in total. The van der Waals surface area contributed by atoms with Gasteiger partial charge in [0.15, 0.2) is 17.3 Å². The number of para-hydroxylation sites is 4. The number of thiazole rings is 1. The summed E-state index contributed by atoms with van der Waals surface area (Å²) in [7, 11) is 12.7. The maximum absolute atomic E-state index is 13.3. The van der Waals surface area contributed by atoms with Gasteiger partial charge in [0.25, 0.3) is 0 Å². The topological polar surface area (TPSA) is 312 Å². The van der Waals surface area contributed by atoms with Crippen LogP contribution in [-0.4, -0.2) is 277 Å². The second-order valence-electron chi connectivity index (χ2n) is 34.0. The molecule has 30 nitrogen and oxygen atoms in total. The van der Waals surface area contributed by atoms with E-state index in [1.807, 2.05) is 165 Å². The summed E-state index contributed by atoms with van der Waals surface area (Å²) in [4.78, 5) is 115. The second-order valence-corrected chi connectivity index (χ2v) is 34.7. The summed E-state index contributed by atoms with van der Waals surface area (Å²) in [5.74, 6) is 5.58. The van der Waals surface area contributed by atoms with Crippen molar-refractivity contribution in [3.8, 4) is 69.4 Å². The first-order chi connectivity index (χ1) is 64.2. The third-order valence-corrected chi connectivity index (χ3v) is 25.0. The molecule has 0 radical (unpaired) electrons. The molecule has 0 aliphatic carbocycles. The Labute approximate surface area is 772 Å². The number of fused-ring (bicyclic) bond motifs is 5. The lowest BCUT2D eigenvalue weighted by molar-refractivity contribution is -0.142. The molecule has 134 heavy (non-hydrogen) atoms. The monoisotopic (exact) mass is 1860 g/mol. The van der Waals surface area contributed by atoms with Gasteiger partial charge >= 0.3 is 12.4 Å². The molecule has 6 saturated heterocycles. The first-order valence-electron chi connectivity index (χ1n) is 43.8. The van der Waals surface area contributed by atoms with E-state index in [1.165, 1.54) is 13.0 Å². The van der Waals surface area contributed by atoms with Gasteiger partial charge in [0.2, 0.25) is 29.5 Å². The second kappa shape index (κ2) is 41.7. The number of aromatic nitrogens is 11. The van der Waals surface area contributed by atoms with Gasteiger partial charge in [-0.3, -0.25) is 53.0 Å². The van der Waals surface area contributed by atoms with E-state index in [9.17, 15) is 50.3 Å². The highest BCUT2D eigenvalue weighted by Gasteiger charge is 2.43. The van der Waals surface area contributed by atoms with Crippen LogP contribution in [0.15, 0.2) is 175 Å². The number of carbonyl (C=O) groups is 5. The molecule has 10 atom stereocenters. The molecule has 0 amide bonds. The average molecular weight is 1860 g/mol. The molecule has 7 aromatic heterocycles. The molecule has 6 aromatic carbocycles. The van der Waals surface area contributed by atoms with Crippen molar-refractivity contribution < 1.29 is 88.2 Å². The summed E-state index contributed by atoms with van der Waals surface area (Å²) < 4.78 is 128. The molecule has 6 fully saturated rings. The number of rotatable bonds is 21. The number of Topliss-reactive ketones (excluding diaryl/α,β-unsaturated/α-hetero) is 5. The van der Waals surface area contributed by atoms with E-state index in [0.717, 1.165) is 86.5 Å². The number of carbonyl (C=O) groups excluding carboxylic acids is 5. The number of ether oxygens (including phenoxy) is 8. The van der Waals surface area contributed by atoms with Gasteiger partial charge in [-0.2, -0.15) is 41.3 Å². The average Bonchev–Trinajstić information content (AvgIpc) is 1.14. The molecule has 0 saturated carbocycles. The zero-order valence-electron chi connectivity index (χ0n) is 76.0. The van der Waals surface area contributed by atoms with Crippen LogP contribution in [0.25, 0.3) is 83.2 Å². The Kier molecular flexibility index (Phi) is 29.8. The van der Waals surface area contributed by atoms with Gasteiger partial charge in [-0.05, 0) is 124 Å². The van der Waals surface area contributed by atoms with E-state index < -0.39 is 41.3 Å². The number of likely N-dealkylation sites (tertiary alicyclic amines) is 5. The number of hydrogen-bond acceptors (Lipinski definition) is 30. The molecule has 37 heteroatoms. The summed E-state index contributed by atoms with van der Waals surface area (Å²) in [6, 6.07) is 41.9. The Hall–Kier alpha value is -12.9. The Morgan fingerprint density at radius 1 is 0.418 bits per heavy atom. The minimum atomic E-state index is -4.95. The van der Waals surface area contributed by atoms with Gasteiger partial charge in [0.05, 0.1) is 124 Å². The number of alkyl halides is 6. The number of imidazole rings is 1. The van der Waals surface area contributed by atoms with Crippen LogP contribution < -0.4 is 38.1 Å². The summed E-state index contributed by atoms with van der Waals surface area (Å²) in [5.41, 5.74) is 4.11. The summed E-state index contributed by atoms with van der Waals surface area (Å²) >= 11 is 1.55. The van der Waals surface area contributed by atoms with Gasteiger partial charge in [-0.1, -0.05) is 72.8 Å². The molecule has 13 aromatic rings. The van der Waals surface area contributed by atoms with Crippen LogP contribution in [0.4, 0.5) is 32.3 Å². The number of anilines is 1. The van der Waals surface area contributed by atoms with E-state index in [-0.39, 0.29) is 102 Å². The maximum Gasteiger partial charge on any atom is 0.433 e. The predicted octanol–water partition coefficient (Wildman–Crippen LogP) is 14.4. The zero-order valence-corrected chi connectivity index (χ0v) is 76.8. The number of methoxy groups -OCH3 is 2. The van der Waals surface area contributed by atoms with Crippen molar-refractivity contribution in [2.45, 2.75) is 140 Å². The van der Waals surface area contributed by atoms with Crippen LogP contribution in [0.2, 0.25) is 0 Å². The number of benzene rings is 6. The van der Waals surface area contributed by atoms with Crippen LogP contribution in [0, 0.1) is 0 Å². The largest absolute Gasteiger partial charge is 0.493 e. The molecule has 10 unspecified atom stereocenters. The summed E-state index contributed by atoms with van der Waals surface area (Å²) in [5, 5.41) is 5.29. The first-order valence-corrected chi connectivity index (χ1v) is 44.7. The molecule has 13 heterocycles. The molecular weight excluding hydrogens is 1760 g/mol. The van der Waals surface area contributed by atoms with Crippen molar-refractivity contribution in [2.75, 3.05) is 113 Å². The van der Waals surface area contributed by atoms with E-state index >= 15 is 0 Å². The highest BCUT2D eigenvalue weighted by Crippen LogP contribution is 2.43. The maximum atomic E-state index is 13.3. The number of pyridine rings is 2. The highest BCUT2D eigenvalue weighted by atomic mass is 32.1. The Morgan fingerprint density at radius 3 is 1.33 bits per heavy atom. The number of nitrogens with zero attached hydrogens (tertiary/aromatic N) is 17. The van der Waals surface area contributed by atoms with Crippen LogP contribution in [0.1, 0.15) is 78.0 Å². The van der Waals surface area contributed by atoms with E-state index in [2.05, 4.69) is 44.6 Å². The molecule has 6 aliphatic rings. The number of ketones is 5. The smallest absolute Gasteiger partial charge is 0.433 e. The lowest BCUT2D eigenvalue weighted by atomic mass is 10.1. The van der Waals surface area contributed by atoms with Gasteiger partial charge in [0, 0.05) is 130 Å². The number of halogens is 6. The first kappa shape index (κ1) is 95.7. The molecular formula is C97H103F6N17O13S. The molecule has 702 valence electrons. The SMILES string of the molecule is CC(=O)C1CC(Oc2cc(-c3cscn3)nc3ccccc23)CN1C.CC(=O)C1CC(Oc2cc(C(F)(F)F)nc3c(C(F)(F)F)cccc23)CN1C.CC(=O)C1CC(Oc2nc(-c3ccccc3)nc3ccccc23)CN1C.CC(=O)C1CC(Oc2nc(-n3ccnc3)nc3ccccc23)CN1C.COc1cc2nc(N3CCOCC3)nc(OC3CC(C(C)=O)N(C)C3)c2cc1OC. The Bertz CT molecular complexity index is 6230. The van der Waals surface area contributed by atoms with Crippen LogP contribution in [-0.2, 0) is 41.1 Å². The molecule has 19 rings (SSSR count). The fourth-order valence-corrected chi connectivity index (χ4v) is 18.2. The third-order valence-electron chi connectivity index (χ3n) is 24.4. The van der Waals surface area contributed by atoms with Gasteiger partial charge in [-0.15, -0.1) is 11.3 Å². The van der Waals surface area contributed by atoms with Gasteiger partial charge < -0.3 is 42.8 Å². The number of morpholine rings is 1. The minimum absolute atomic E-state index is 0.00649. The lowest BCUT2D eigenvalue weighted by Crippen LogP contribution is -2.37. The lowest BCUT2D eigenvalue weighted by Gasteiger charge is -2.27. The van der Waals surface area contributed by atoms with Crippen LogP contribution in [0.3, 0.4) is 0 Å². The highest BCUT2D eigenvalue weighted by molar-refractivity contribution is 7.07. The molecule has 6 aliphatic heterocycles. The van der Waals surface area contributed by atoms with Crippen molar-refractivity contribution in [3.63, 3.8) is 0 Å². The van der Waals surface area contributed by atoms with Crippen molar-refractivity contribution >= 4 is 101 Å². The molecule has 0 bridgehead atoms. The summed E-state index contributed by atoms with van der Waals surface area (Å²) in [6.45, 7) is 13.7.